The van der Waals surface area contributed by atoms with Gasteiger partial charge in [0, 0.05) is 13.3 Å². The average Bonchev–Trinajstić information content (AvgIpc) is 2.48. The third kappa shape index (κ3) is 13.3. The van der Waals surface area contributed by atoms with Crippen LogP contribution in [0.3, 0.4) is 0 Å². The maximum absolute atomic E-state index is 11.6. The lowest BCUT2D eigenvalue weighted by Gasteiger charge is -2.15. The lowest BCUT2D eigenvalue weighted by atomic mass is 10.2. The summed E-state index contributed by atoms with van der Waals surface area (Å²) in [5.41, 5.74) is 0. The van der Waals surface area contributed by atoms with Gasteiger partial charge < -0.3 is 9.47 Å². The third-order valence-electron chi connectivity index (χ3n) is 2.63. The topological polar surface area (TPSA) is 52.6 Å². The largest absolute Gasteiger partial charge is 0.425 e. The molecule has 0 aliphatic rings. The van der Waals surface area contributed by atoms with Gasteiger partial charge in [0.15, 0.2) is 0 Å². The first kappa shape index (κ1) is 20.9. The Morgan fingerprint density at radius 3 is 2.00 bits per heavy atom. The molecule has 0 fully saturated rings. The minimum Gasteiger partial charge on any atom is -0.425 e. The van der Waals surface area contributed by atoms with E-state index >= 15 is 0 Å². The molecule has 1 unspecified atom stereocenters. The van der Waals surface area contributed by atoms with E-state index in [1.807, 2.05) is 42.5 Å². The fraction of sp³-hybridized carbons (Fsp3) is 0.474. The molecule has 0 aromatic rings. The summed E-state index contributed by atoms with van der Waals surface area (Å²) in [5, 5.41) is 0. The van der Waals surface area contributed by atoms with Crippen LogP contribution in [0.1, 0.15) is 47.0 Å². The Balaban J connectivity index is 3.87. The van der Waals surface area contributed by atoms with Crippen molar-refractivity contribution in [1.82, 2.24) is 0 Å². The van der Waals surface area contributed by atoms with Crippen LogP contribution < -0.4 is 0 Å². The van der Waals surface area contributed by atoms with Crippen LogP contribution in [0.2, 0.25) is 0 Å². The van der Waals surface area contributed by atoms with E-state index in [0.717, 1.165) is 6.42 Å². The monoisotopic (exact) mass is 320 g/mol. The molecule has 4 heteroatoms. The lowest BCUT2D eigenvalue weighted by Crippen LogP contribution is -2.24. The van der Waals surface area contributed by atoms with E-state index in [0.29, 0.717) is 6.42 Å². The van der Waals surface area contributed by atoms with Crippen LogP contribution in [0.4, 0.5) is 0 Å². The molecular formula is C19H28O4. The van der Waals surface area contributed by atoms with Gasteiger partial charge in [-0.25, -0.2) is 0 Å². The summed E-state index contributed by atoms with van der Waals surface area (Å²) in [6, 6.07) is 0. The standard InChI is InChI=1S/C19H28O4/c1-5-6-7-8-9-10-11-12-13-14-15-18(20)22-17(4)23-19(21)16(2)3/h6-13,16-17H,5,14-15H2,1-4H3/b7-6+,9-8?,11-10?,13-12?. The van der Waals surface area contributed by atoms with E-state index in [2.05, 4.69) is 13.0 Å². The second-order valence-electron chi connectivity index (χ2n) is 5.22. The summed E-state index contributed by atoms with van der Waals surface area (Å²) in [4.78, 5) is 22.9. The molecular weight excluding hydrogens is 292 g/mol. The number of ether oxygens (including phenoxy) is 2. The molecule has 128 valence electrons. The molecule has 0 radical (unpaired) electrons. The Bertz CT molecular complexity index is 456. The Labute approximate surface area is 139 Å². The smallest absolute Gasteiger partial charge is 0.311 e. The maximum atomic E-state index is 11.6. The molecule has 4 nitrogen and oxygen atoms in total. The van der Waals surface area contributed by atoms with Crippen molar-refractivity contribution in [2.45, 2.75) is 53.2 Å². The molecule has 0 amide bonds. The molecule has 0 aliphatic carbocycles. The van der Waals surface area contributed by atoms with Gasteiger partial charge in [-0.15, -0.1) is 0 Å². The van der Waals surface area contributed by atoms with Crippen molar-refractivity contribution in [3.8, 4) is 0 Å². The van der Waals surface area contributed by atoms with Crippen molar-refractivity contribution in [1.29, 1.82) is 0 Å². The zero-order chi connectivity index (χ0) is 17.5. The molecule has 23 heavy (non-hydrogen) atoms. The molecule has 0 aliphatic heterocycles. The summed E-state index contributed by atoms with van der Waals surface area (Å²) >= 11 is 0. The van der Waals surface area contributed by atoms with Crippen molar-refractivity contribution in [3.63, 3.8) is 0 Å². The van der Waals surface area contributed by atoms with Crippen molar-refractivity contribution >= 4 is 11.9 Å². The predicted octanol–water partition coefficient (Wildman–Crippen LogP) is 4.49. The first-order valence-corrected chi connectivity index (χ1v) is 8.02. The van der Waals surface area contributed by atoms with Gasteiger partial charge in [0.05, 0.1) is 5.92 Å². The number of esters is 2. The van der Waals surface area contributed by atoms with Gasteiger partial charge in [0.1, 0.15) is 0 Å². The summed E-state index contributed by atoms with van der Waals surface area (Å²) in [6.07, 6.45) is 16.6. The Hall–Kier alpha value is -2.10. The van der Waals surface area contributed by atoms with Crippen LogP contribution >= 0.6 is 0 Å². The third-order valence-corrected chi connectivity index (χ3v) is 2.63. The zero-order valence-electron chi connectivity index (χ0n) is 14.5. The Kier molecular flexibility index (Phi) is 12.3. The number of carbonyl (C=O) groups is 2. The molecule has 0 N–H and O–H groups in total. The van der Waals surface area contributed by atoms with Gasteiger partial charge in [-0.2, -0.15) is 0 Å². The molecule has 0 saturated heterocycles. The average molecular weight is 320 g/mol. The number of allylic oxidation sites excluding steroid dienone is 8. The molecule has 0 aromatic carbocycles. The van der Waals surface area contributed by atoms with E-state index in [-0.39, 0.29) is 24.3 Å². The first-order valence-electron chi connectivity index (χ1n) is 8.02. The predicted molar refractivity (Wildman–Crippen MR) is 92.6 cm³/mol. The van der Waals surface area contributed by atoms with E-state index in [9.17, 15) is 9.59 Å². The number of carbonyl (C=O) groups excluding carboxylic acids is 2. The van der Waals surface area contributed by atoms with Crippen LogP contribution in [-0.4, -0.2) is 18.2 Å². The molecule has 0 heterocycles. The molecule has 0 aromatic heterocycles. The van der Waals surface area contributed by atoms with E-state index in [4.69, 9.17) is 9.47 Å². The summed E-state index contributed by atoms with van der Waals surface area (Å²) in [6.45, 7) is 7.08. The van der Waals surface area contributed by atoms with Crippen LogP contribution in [0.25, 0.3) is 0 Å². The fourth-order valence-corrected chi connectivity index (χ4v) is 1.41. The van der Waals surface area contributed by atoms with Gasteiger partial charge in [0.2, 0.25) is 6.29 Å². The van der Waals surface area contributed by atoms with E-state index in [1.165, 1.54) is 6.92 Å². The molecule has 1 atom stereocenters. The summed E-state index contributed by atoms with van der Waals surface area (Å²) < 4.78 is 9.96. The van der Waals surface area contributed by atoms with Gasteiger partial charge in [-0.1, -0.05) is 69.4 Å². The highest BCUT2D eigenvalue weighted by atomic mass is 16.7. The molecule has 0 saturated carbocycles. The van der Waals surface area contributed by atoms with Gasteiger partial charge >= 0.3 is 11.9 Å². The minimum absolute atomic E-state index is 0.239. The second kappa shape index (κ2) is 13.6. The lowest BCUT2D eigenvalue weighted by molar-refractivity contribution is -0.186. The molecule has 0 bridgehead atoms. The van der Waals surface area contributed by atoms with Crippen LogP contribution in [0.5, 0.6) is 0 Å². The fourth-order valence-electron chi connectivity index (χ4n) is 1.41. The van der Waals surface area contributed by atoms with E-state index < -0.39 is 6.29 Å². The Morgan fingerprint density at radius 2 is 1.43 bits per heavy atom. The van der Waals surface area contributed by atoms with Crippen molar-refractivity contribution in [3.05, 3.63) is 48.6 Å². The van der Waals surface area contributed by atoms with Gasteiger partial charge in [-0.3, -0.25) is 9.59 Å². The van der Waals surface area contributed by atoms with Crippen LogP contribution in [0, 0.1) is 5.92 Å². The van der Waals surface area contributed by atoms with E-state index in [1.54, 1.807) is 13.8 Å². The first-order chi connectivity index (χ1) is 11.0. The molecule has 0 spiro atoms. The van der Waals surface area contributed by atoms with Crippen molar-refractivity contribution in [2.75, 3.05) is 0 Å². The second-order valence-corrected chi connectivity index (χ2v) is 5.22. The number of hydrogen-bond donors (Lipinski definition) is 0. The number of rotatable bonds is 10. The number of hydrogen-bond acceptors (Lipinski definition) is 4. The SMILES string of the molecule is CC/C=C/C=CC=CC=CCCC(=O)OC(C)OC(=O)C(C)C. The Morgan fingerprint density at radius 1 is 0.870 bits per heavy atom. The highest BCUT2D eigenvalue weighted by Crippen LogP contribution is 2.04. The maximum Gasteiger partial charge on any atom is 0.311 e. The van der Waals surface area contributed by atoms with Crippen molar-refractivity contribution < 1.29 is 19.1 Å². The quantitative estimate of drug-likeness (QED) is 0.338. The van der Waals surface area contributed by atoms with Gasteiger partial charge in [0.25, 0.3) is 0 Å². The summed E-state index contributed by atoms with van der Waals surface area (Å²) in [7, 11) is 0. The molecule has 0 rings (SSSR count). The highest BCUT2D eigenvalue weighted by molar-refractivity contribution is 5.72. The summed E-state index contributed by atoms with van der Waals surface area (Å²) in [5.74, 6) is -0.998. The highest BCUT2D eigenvalue weighted by Gasteiger charge is 2.15. The van der Waals surface area contributed by atoms with Crippen LogP contribution in [-0.2, 0) is 19.1 Å². The normalized spacial score (nSPS) is 13.6. The van der Waals surface area contributed by atoms with Crippen molar-refractivity contribution in [2.24, 2.45) is 5.92 Å². The van der Waals surface area contributed by atoms with Crippen LogP contribution in [0.15, 0.2) is 48.6 Å². The minimum atomic E-state index is -0.845. The van der Waals surface area contributed by atoms with Gasteiger partial charge in [-0.05, 0) is 12.8 Å². The zero-order valence-corrected chi connectivity index (χ0v) is 14.5.